The van der Waals surface area contributed by atoms with Gasteiger partial charge in [-0.25, -0.2) is 4.98 Å². The lowest BCUT2D eigenvalue weighted by atomic mass is 10.1. The highest BCUT2D eigenvalue weighted by Crippen LogP contribution is 2.16. The quantitative estimate of drug-likeness (QED) is 0.652. The highest BCUT2D eigenvalue weighted by Gasteiger charge is 2.05. The van der Waals surface area contributed by atoms with Crippen LogP contribution in [0.4, 0.5) is 0 Å². The van der Waals surface area contributed by atoms with E-state index in [4.69, 9.17) is 4.74 Å². The van der Waals surface area contributed by atoms with E-state index in [0.717, 1.165) is 18.7 Å². The van der Waals surface area contributed by atoms with E-state index in [0.29, 0.717) is 18.1 Å². The smallest absolute Gasteiger partial charge is 0.251 e. The molecule has 5 nitrogen and oxygen atoms in total. The number of hydrogen-bond donors (Lipinski definition) is 1. The topological polar surface area (TPSA) is 58.2 Å². The van der Waals surface area contributed by atoms with Crippen LogP contribution < -0.4 is 5.56 Å². The van der Waals surface area contributed by atoms with Gasteiger partial charge in [0.05, 0.1) is 12.3 Å². The van der Waals surface area contributed by atoms with Crippen LogP contribution in [0.2, 0.25) is 0 Å². The molecular weight excluding hydrogens is 350 g/mol. The normalized spacial score (nSPS) is 11.4. The summed E-state index contributed by atoms with van der Waals surface area (Å²) in [5.74, 6) is 0.560. The molecule has 5 heteroatoms. The summed E-state index contributed by atoms with van der Waals surface area (Å²) >= 11 is 0. The van der Waals surface area contributed by atoms with E-state index >= 15 is 0 Å². The number of hydrogen-bond acceptors (Lipinski definition) is 4. The van der Waals surface area contributed by atoms with Crippen LogP contribution in [0, 0.1) is 0 Å². The standard InChI is InChI=1S/C23H25N3O2/c1-26(14-6-9-18-7-4-3-5-8-18)16-19-10-12-20(13-11-19)23-24-21(17-28-2)15-22(27)25-23/h3-13,15H,14,16-17H2,1-2H3,(H,24,25,27). The molecule has 0 aliphatic carbocycles. The van der Waals surface area contributed by atoms with E-state index in [9.17, 15) is 4.79 Å². The molecular formula is C23H25N3O2. The second-order valence-electron chi connectivity index (χ2n) is 6.73. The molecule has 0 spiro atoms. The molecule has 0 aliphatic rings. The molecule has 0 bridgehead atoms. The van der Waals surface area contributed by atoms with Gasteiger partial charge in [-0.3, -0.25) is 9.69 Å². The average Bonchev–Trinajstić information content (AvgIpc) is 2.69. The zero-order valence-electron chi connectivity index (χ0n) is 16.3. The molecule has 0 saturated heterocycles. The van der Waals surface area contributed by atoms with Gasteiger partial charge in [-0.2, -0.15) is 0 Å². The van der Waals surface area contributed by atoms with E-state index in [1.54, 1.807) is 7.11 Å². The van der Waals surface area contributed by atoms with Gasteiger partial charge < -0.3 is 9.72 Å². The maximum atomic E-state index is 11.8. The van der Waals surface area contributed by atoms with Gasteiger partial charge in [-0.1, -0.05) is 66.7 Å². The Balaban J connectivity index is 1.61. The van der Waals surface area contributed by atoms with Gasteiger partial charge in [0.2, 0.25) is 0 Å². The Morgan fingerprint density at radius 2 is 1.86 bits per heavy atom. The Bertz CT molecular complexity index is 963. The third-order valence-electron chi connectivity index (χ3n) is 4.29. The number of H-pyrrole nitrogens is 1. The second-order valence-corrected chi connectivity index (χ2v) is 6.73. The lowest BCUT2D eigenvalue weighted by Gasteiger charge is -2.14. The summed E-state index contributed by atoms with van der Waals surface area (Å²) in [4.78, 5) is 21.3. The van der Waals surface area contributed by atoms with Crippen molar-refractivity contribution in [3.8, 4) is 11.4 Å². The zero-order chi connectivity index (χ0) is 19.8. The van der Waals surface area contributed by atoms with E-state index in [1.807, 2.05) is 30.3 Å². The first-order valence-electron chi connectivity index (χ1n) is 9.22. The SMILES string of the molecule is COCc1cc(=O)[nH]c(-c2ccc(CN(C)CC=Cc3ccccc3)cc2)n1. The van der Waals surface area contributed by atoms with Crippen LogP contribution in [0.5, 0.6) is 0 Å². The third-order valence-corrected chi connectivity index (χ3v) is 4.29. The molecule has 1 aromatic heterocycles. The summed E-state index contributed by atoms with van der Waals surface area (Å²) in [5, 5.41) is 0. The first kappa shape index (κ1) is 19.7. The number of benzene rings is 2. The highest BCUT2D eigenvalue weighted by molar-refractivity contribution is 5.55. The number of likely N-dealkylation sites (N-methyl/N-ethyl adjacent to an activating group) is 1. The fourth-order valence-corrected chi connectivity index (χ4v) is 2.94. The molecule has 0 fully saturated rings. The minimum Gasteiger partial charge on any atom is -0.378 e. The molecule has 0 unspecified atom stereocenters. The second kappa shape index (κ2) is 9.78. The van der Waals surface area contributed by atoms with Gasteiger partial charge in [0.1, 0.15) is 5.82 Å². The molecule has 1 N–H and O–H groups in total. The molecule has 0 saturated carbocycles. The fraction of sp³-hybridized carbons (Fsp3) is 0.217. The van der Waals surface area contributed by atoms with Crippen LogP contribution in [0.15, 0.2) is 71.5 Å². The number of nitrogens with one attached hydrogen (secondary N) is 1. The minimum absolute atomic E-state index is 0.175. The average molecular weight is 375 g/mol. The van der Waals surface area contributed by atoms with Crippen LogP contribution in [-0.2, 0) is 17.9 Å². The molecule has 2 aromatic carbocycles. The van der Waals surface area contributed by atoms with Gasteiger partial charge in [0, 0.05) is 31.8 Å². The van der Waals surface area contributed by atoms with Crippen molar-refractivity contribution >= 4 is 6.08 Å². The summed E-state index contributed by atoms with van der Waals surface area (Å²) in [7, 11) is 3.68. The Labute approximate surface area is 165 Å². The van der Waals surface area contributed by atoms with Crippen molar-refractivity contribution < 1.29 is 4.74 Å². The van der Waals surface area contributed by atoms with Crippen molar-refractivity contribution in [1.29, 1.82) is 0 Å². The van der Waals surface area contributed by atoms with E-state index < -0.39 is 0 Å². The highest BCUT2D eigenvalue weighted by atomic mass is 16.5. The van der Waals surface area contributed by atoms with E-state index in [1.165, 1.54) is 17.2 Å². The molecule has 3 aromatic rings. The largest absolute Gasteiger partial charge is 0.378 e. The first-order valence-corrected chi connectivity index (χ1v) is 9.22. The minimum atomic E-state index is -0.175. The van der Waals surface area contributed by atoms with Crippen molar-refractivity contribution in [2.24, 2.45) is 0 Å². The van der Waals surface area contributed by atoms with E-state index in [2.05, 4.69) is 58.3 Å². The molecule has 144 valence electrons. The Morgan fingerprint density at radius 3 is 2.57 bits per heavy atom. The van der Waals surface area contributed by atoms with E-state index in [-0.39, 0.29) is 5.56 Å². The zero-order valence-corrected chi connectivity index (χ0v) is 16.3. The molecule has 0 aliphatic heterocycles. The summed E-state index contributed by atoms with van der Waals surface area (Å²) in [6, 6.07) is 19.8. The van der Waals surface area contributed by atoms with Gasteiger partial charge >= 0.3 is 0 Å². The van der Waals surface area contributed by atoms with Crippen molar-refractivity contribution in [1.82, 2.24) is 14.9 Å². The summed E-state index contributed by atoms with van der Waals surface area (Å²) in [5.41, 5.74) is 3.74. The van der Waals surface area contributed by atoms with Gasteiger partial charge in [-0.15, -0.1) is 0 Å². The molecule has 28 heavy (non-hydrogen) atoms. The van der Waals surface area contributed by atoms with Crippen molar-refractivity contribution in [2.45, 2.75) is 13.2 Å². The van der Waals surface area contributed by atoms with Gasteiger partial charge in [-0.05, 0) is 18.2 Å². The lowest BCUT2D eigenvalue weighted by molar-refractivity contribution is 0.181. The van der Waals surface area contributed by atoms with Crippen LogP contribution in [0.25, 0.3) is 17.5 Å². The van der Waals surface area contributed by atoms with Gasteiger partial charge in [0.25, 0.3) is 5.56 Å². The van der Waals surface area contributed by atoms with Crippen molar-refractivity contribution in [3.05, 3.63) is 93.9 Å². The fourth-order valence-electron chi connectivity index (χ4n) is 2.94. The summed E-state index contributed by atoms with van der Waals surface area (Å²) in [6.07, 6.45) is 4.30. The summed E-state index contributed by atoms with van der Waals surface area (Å²) in [6.45, 7) is 2.02. The number of aromatic nitrogens is 2. The van der Waals surface area contributed by atoms with Crippen LogP contribution in [0.1, 0.15) is 16.8 Å². The predicted octanol–water partition coefficient (Wildman–Crippen LogP) is 3.73. The number of methoxy groups -OCH3 is 1. The molecule has 3 rings (SSSR count). The Morgan fingerprint density at radius 1 is 1.11 bits per heavy atom. The lowest BCUT2D eigenvalue weighted by Crippen LogP contribution is -2.17. The van der Waals surface area contributed by atoms with Crippen molar-refractivity contribution in [2.75, 3.05) is 20.7 Å². The Kier molecular flexibility index (Phi) is 6.89. The van der Waals surface area contributed by atoms with Crippen LogP contribution in [0.3, 0.4) is 0 Å². The molecule has 0 atom stereocenters. The molecule has 1 heterocycles. The number of aromatic amines is 1. The molecule has 0 radical (unpaired) electrons. The maximum absolute atomic E-state index is 11.8. The third kappa shape index (κ3) is 5.74. The monoisotopic (exact) mass is 375 g/mol. The number of nitrogens with zero attached hydrogens (tertiary/aromatic N) is 2. The van der Waals surface area contributed by atoms with Crippen LogP contribution >= 0.6 is 0 Å². The van der Waals surface area contributed by atoms with Crippen LogP contribution in [-0.4, -0.2) is 35.6 Å². The maximum Gasteiger partial charge on any atom is 0.251 e. The van der Waals surface area contributed by atoms with Crippen molar-refractivity contribution in [3.63, 3.8) is 0 Å². The van der Waals surface area contributed by atoms with Gasteiger partial charge in [0.15, 0.2) is 0 Å². The first-order chi connectivity index (χ1) is 13.6. The summed E-state index contributed by atoms with van der Waals surface area (Å²) < 4.78 is 5.07. The predicted molar refractivity (Wildman–Crippen MR) is 113 cm³/mol. The number of rotatable bonds is 8. The molecule has 0 amide bonds. The number of ether oxygens (including phenoxy) is 1. The Hall–Kier alpha value is -3.02.